The smallest absolute Gasteiger partial charge is 0.200 e. The average molecular weight is 202 g/mol. The van der Waals surface area contributed by atoms with Crippen molar-refractivity contribution in [1.82, 2.24) is 4.98 Å². The molecular formula is C11H10N2O2. The normalized spacial score (nSPS) is 10.2. The van der Waals surface area contributed by atoms with Gasteiger partial charge in [-0.25, -0.2) is 0 Å². The fourth-order valence-electron chi connectivity index (χ4n) is 1.36. The summed E-state index contributed by atoms with van der Waals surface area (Å²) in [6.45, 7) is 1.74. The molecule has 2 aromatic rings. The number of pyridine rings is 1. The van der Waals surface area contributed by atoms with Crippen LogP contribution in [-0.4, -0.2) is 10.8 Å². The number of nitrogen functional groups attached to an aromatic ring is 1. The van der Waals surface area contributed by atoms with E-state index in [-0.39, 0.29) is 5.78 Å². The van der Waals surface area contributed by atoms with Gasteiger partial charge < -0.3 is 10.2 Å². The summed E-state index contributed by atoms with van der Waals surface area (Å²) in [5, 5.41) is 0. The van der Waals surface area contributed by atoms with Gasteiger partial charge in [-0.3, -0.25) is 9.78 Å². The minimum atomic E-state index is -0.160. The van der Waals surface area contributed by atoms with Crippen molar-refractivity contribution in [3.8, 4) is 0 Å². The van der Waals surface area contributed by atoms with Crippen LogP contribution in [0.2, 0.25) is 0 Å². The second-order valence-electron chi connectivity index (χ2n) is 3.18. The maximum absolute atomic E-state index is 12.0. The van der Waals surface area contributed by atoms with Crippen LogP contribution in [-0.2, 0) is 0 Å². The highest BCUT2D eigenvalue weighted by Crippen LogP contribution is 2.18. The number of furan rings is 1. The first-order chi connectivity index (χ1) is 7.20. The Balaban J connectivity index is 2.46. The van der Waals surface area contributed by atoms with Crippen molar-refractivity contribution in [3.05, 3.63) is 47.7 Å². The molecule has 0 saturated heterocycles. The van der Waals surface area contributed by atoms with Crippen LogP contribution in [0.4, 0.5) is 5.69 Å². The molecule has 76 valence electrons. The second-order valence-corrected chi connectivity index (χ2v) is 3.18. The predicted octanol–water partition coefficient (Wildman–Crippen LogP) is 1.80. The number of rotatable bonds is 2. The van der Waals surface area contributed by atoms with Crippen molar-refractivity contribution in [2.45, 2.75) is 6.92 Å². The zero-order valence-electron chi connectivity index (χ0n) is 8.23. The summed E-state index contributed by atoms with van der Waals surface area (Å²) in [5.74, 6) is 0.426. The summed E-state index contributed by atoms with van der Waals surface area (Å²) >= 11 is 0. The third-order valence-electron chi connectivity index (χ3n) is 2.20. The first-order valence-electron chi connectivity index (χ1n) is 4.48. The third-order valence-corrected chi connectivity index (χ3v) is 2.20. The molecule has 0 amide bonds. The van der Waals surface area contributed by atoms with Gasteiger partial charge in [0.25, 0.3) is 0 Å². The largest absolute Gasteiger partial charge is 0.469 e. The van der Waals surface area contributed by atoms with Crippen LogP contribution in [0.25, 0.3) is 0 Å². The molecule has 0 aliphatic rings. The van der Waals surface area contributed by atoms with E-state index in [1.165, 1.54) is 12.5 Å². The SMILES string of the molecule is Cc1occc1C(=O)c1cnccc1N. The summed E-state index contributed by atoms with van der Waals surface area (Å²) in [5.41, 5.74) is 7.04. The molecule has 0 radical (unpaired) electrons. The van der Waals surface area contributed by atoms with Crippen molar-refractivity contribution in [3.63, 3.8) is 0 Å². The molecule has 0 atom stereocenters. The Morgan fingerprint density at radius 3 is 2.80 bits per heavy atom. The molecule has 0 bridgehead atoms. The Hall–Kier alpha value is -2.10. The molecule has 0 saturated carbocycles. The molecule has 0 fully saturated rings. The van der Waals surface area contributed by atoms with Crippen molar-refractivity contribution in [1.29, 1.82) is 0 Å². The van der Waals surface area contributed by atoms with Gasteiger partial charge in [0, 0.05) is 18.1 Å². The maximum Gasteiger partial charge on any atom is 0.200 e. The third kappa shape index (κ3) is 1.61. The quantitative estimate of drug-likeness (QED) is 0.754. The van der Waals surface area contributed by atoms with Crippen LogP contribution in [0.1, 0.15) is 21.7 Å². The van der Waals surface area contributed by atoms with Crippen LogP contribution in [0, 0.1) is 6.92 Å². The molecule has 0 aliphatic heterocycles. The lowest BCUT2D eigenvalue weighted by Crippen LogP contribution is -2.05. The minimum Gasteiger partial charge on any atom is -0.469 e. The lowest BCUT2D eigenvalue weighted by molar-refractivity contribution is 0.103. The fraction of sp³-hybridized carbons (Fsp3) is 0.0909. The number of anilines is 1. The zero-order valence-corrected chi connectivity index (χ0v) is 8.23. The number of nitrogens with two attached hydrogens (primary N) is 1. The number of aromatic nitrogens is 1. The van der Waals surface area contributed by atoms with E-state index >= 15 is 0 Å². The van der Waals surface area contributed by atoms with Crippen LogP contribution in [0.3, 0.4) is 0 Å². The highest BCUT2D eigenvalue weighted by Gasteiger charge is 2.16. The molecule has 2 rings (SSSR count). The van der Waals surface area contributed by atoms with Crippen molar-refractivity contribution in [2.24, 2.45) is 0 Å². The van der Waals surface area contributed by atoms with Crippen LogP contribution in [0.15, 0.2) is 35.2 Å². The predicted molar refractivity (Wildman–Crippen MR) is 55.5 cm³/mol. The van der Waals surface area contributed by atoms with E-state index in [2.05, 4.69) is 4.98 Å². The van der Waals surface area contributed by atoms with Crippen molar-refractivity contribution < 1.29 is 9.21 Å². The lowest BCUT2D eigenvalue weighted by atomic mass is 10.0. The monoisotopic (exact) mass is 202 g/mol. The molecule has 4 nitrogen and oxygen atoms in total. The maximum atomic E-state index is 12.0. The Morgan fingerprint density at radius 2 is 2.20 bits per heavy atom. The Bertz CT molecular complexity index is 503. The van der Waals surface area contributed by atoms with Gasteiger partial charge in [-0.15, -0.1) is 0 Å². The average Bonchev–Trinajstić information content (AvgIpc) is 2.64. The summed E-state index contributed by atoms with van der Waals surface area (Å²) in [6, 6.07) is 3.23. The first-order valence-corrected chi connectivity index (χ1v) is 4.48. The van der Waals surface area contributed by atoms with Gasteiger partial charge in [0.1, 0.15) is 5.76 Å². The summed E-state index contributed by atoms with van der Waals surface area (Å²) in [6.07, 6.45) is 4.49. The van der Waals surface area contributed by atoms with Gasteiger partial charge in [0.15, 0.2) is 5.78 Å². The van der Waals surface area contributed by atoms with Gasteiger partial charge in [0.2, 0.25) is 0 Å². The zero-order chi connectivity index (χ0) is 10.8. The van der Waals surface area contributed by atoms with Crippen LogP contribution in [0.5, 0.6) is 0 Å². The standard InChI is InChI=1S/C11H10N2O2/c1-7-8(3-5-15-7)11(14)9-6-13-4-2-10(9)12/h2-6H,1H3,(H2,12,13). The molecule has 0 aliphatic carbocycles. The Kier molecular flexibility index (Phi) is 2.25. The van der Waals surface area contributed by atoms with E-state index in [1.807, 2.05) is 0 Å². The molecule has 2 N–H and O–H groups in total. The van der Waals surface area contributed by atoms with E-state index in [4.69, 9.17) is 10.2 Å². The Morgan fingerprint density at radius 1 is 1.40 bits per heavy atom. The lowest BCUT2D eigenvalue weighted by Gasteiger charge is -2.02. The van der Waals surface area contributed by atoms with Gasteiger partial charge in [0.05, 0.1) is 17.4 Å². The van der Waals surface area contributed by atoms with E-state index < -0.39 is 0 Å². The van der Waals surface area contributed by atoms with E-state index in [1.54, 1.807) is 25.3 Å². The molecular weight excluding hydrogens is 192 g/mol. The van der Waals surface area contributed by atoms with Crippen LogP contribution >= 0.6 is 0 Å². The molecule has 0 unspecified atom stereocenters. The Labute approximate surface area is 86.7 Å². The molecule has 4 heteroatoms. The van der Waals surface area contributed by atoms with Crippen LogP contribution < -0.4 is 5.73 Å². The van der Waals surface area contributed by atoms with E-state index in [9.17, 15) is 4.79 Å². The summed E-state index contributed by atoms with van der Waals surface area (Å²) in [7, 11) is 0. The summed E-state index contributed by atoms with van der Waals surface area (Å²) < 4.78 is 5.06. The number of aryl methyl sites for hydroxylation is 1. The number of carbonyl (C=O) groups is 1. The molecule has 0 spiro atoms. The minimum absolute atomic E-state index is 0.160. The van der Waals surface area contributed by atoms with Gasteiger partial charge >= 0.3 is 0 Å². The molecule has 15 heavy (non-hydrogen) atoms. The summed E-state index contributed by atoms with van der Waals surface area (Å²) in [4.78, 5) is 15.8. The number of nitrogens with zero attached hydrogens (tertiary/aromatic N) is 1. The second kappa shape index (κ2) is 3.57. The highest BCUT2D eigenvalue weighted by atomic mass is 16.3. The number of hydrogen-bond donors (Lipinski definition) is 1. The molecule has 2 heterocycles. The molecule has 2 aromatic heterocycles. The number of hydrogen-bond acceptors (Lipinski definition) is 4. The van der Waals surface area contributed by atoms with Gasteiger partial charge in [-0.2, -0.15) is 0 Å². The van der Waals surface area contributed by atoms with Crippen molar-refractivity contribution >= 4 is 11.5 Å². The van der Waals surface area contributed by atoms with E-state index in [0.717, 1.165) is 0 Å². The highest BCUT2D eigenvalue weighted by molar-refractivity contribution is 6.12. The number of ketones is 1. The van der Waals surface area contributed by atoms with Gasteiger partial charge in [-0.1, -0.05) is 0 Å². The van der Waals surface area contributed by atoms with Crippen molar-refractivity contribution in [2.75, 3.05) is 5.73 Å². The fourth-order valence-corrected chi connectivity index (χ4v) is 1.36. The first kappa shape index (κ1) is 9.45. The van der Waals surface area contributed by atoms with Gasteiger partial charge in [-0.05, 0) is 19.1 Å². The number of carbonyl (C=O) groups excluding carboxylic acids is 1. The molecule has 0 aromatic carbocycles. The van der Waals surface area contributed by atoms with E-state index in [0.29, 0.717) is 22.6 Å². The topological polar surface area (TPSA) is 69.1 Å².